The van der Waals surface area contributed by atoms with Crippen molar-refractivity contribution in [2.24, 2.45) is 0 Å². The fourth-order valence-electron chi connectivity index (χ4n) is 3.11. The van der Waals surface area contributed by atoms with Gasteiger partial charge in [0, 0.05) is 25.7 Å². The highest BCUT2D eigenvalue weighted by Crippen LogP contribution is 2.30. The topological polar surface area (TPSA) is 43.8 Å². The number of carboxylic acid groups (broad SMARTS) is 1. The van der Waals surface area contributed by atoms with Crippen LogP contribution in [0.25, 0.3) is 0 Å². The lowest BCUT2D eigenvalue weighted by atomic mass is 10.0. The molecule has 0 radical (unpaired) electrons. The summed E-state index contributed by atoms with van der Waals surface area (Å²) in [6.07, 6.45) is 1.11. The molecule has 122 valence electrons. The molecule has 0 bridgehead atoms. The lowest BCUT2D eigenvalue weighted by molar-refractivity contribution is -0.145. The van der Waals surface area contributed by atoms with Gasteiger partial charge < -0.3 is 10.0 Å². The molecule has 2 rings (SSSR count). The summed E-state index contributed by atoms with van der Waals surface area (Å²) in [7, 11) is 0. The van der Waals surface area contributed by atoms with E-state index in [1.165, 1.54) is 0 Å². The van der Waals surface area contributed by atoms with E-state index in [9.17, 15) is 9.90 Å². The summed E-state index contributed by atoms with van der Waals surface area (Å²) in [5, 5.41) is 10.5. The Morgan fingerprint density at radius 1 is 1.36 bits per heavy atom. The van der Waals surface area contributed by atoms with Gasteiger partial charge in [-0.3, -0.25) is 9.69 Å². The molecule has 0 amide bonds. The van der Waals surface area contributed by atoms with Crippen LogP contribution in [0, 0.1) is 0 Å². The smallest absolute Gasteiger partial charge is 0.325 e. The third-order valence-corrected chi connectivity index (χ3v) is 4.87. The van der Waals surface area contributed by atoms with Gasteiger partial charge in [-0.15, -0.1) is 0 Å². The second-order valence-corrected chi connectivity index (χ2v) is 6.62. The normalized spacial score (nSPS) is 21.7. The molecule has 2 atom stereocenters. The number of hydrogen-bond donors (Lipinski definition) is 1. The zero-order valence-electron chi connectivity index (χ0n) is 12.9. The summed E-state index contributed by atoms with van der Waals surface area (Å²) in [4.78, 5) is 16.2. The maximum absolute atomic E-state index is 11.8. The molecule has 1 heterocycles. The molecular formula is C16H22Cl2N2O2. The predicted molar refractivity (Wildman–Crippen MR) is 89.7 cm³/mol. The maximum atomic E-state index is 11.8. The standard InChI is InChI=1S/C16H22Cl2N2O2/c1-3-6-19-7-8-20(11(2)10-19)15(16(21)22)12-4-5-13(17)14(18)9-12/h4-5,9,11,15H,3,6-8,10H2,1-2H3,(H,21,22). The molecule has 22 heavy (non-hydrogen) atoms. The average Bonchev–Trinajstić information content (AvgIpc) is 2.45. The van der Waals surface area contributed by atoms with Gasteiger partial charge in [0.1, 0.15) is 6.04 Å². The number of piperazine rings is 1. The molecule has 0 aliphatic carbocycles. The molecule has 1 aliphatic rings. The Bertz CT molecular complexity index is 539. The highest BCUT2D eigenvalue weighted by Gasteiger charge is 2.34. The average molecular weight is 345 g/mol. The van der Waals surface area contributed by atoms with E-state index < -0.39 is 12.0 Å². The van der Waals surface area contributed by atoms with Crippen LogP contribution < -0.4 is 0 Å². The third-order valence-electron chi connectivity index (χ3n) is 4.13. The Morgan fingerprint density at radius 3 is 2.64 bits per heavy atom. The minimum Gasteiger partial charge on any atom is -0.480 e. The molecule has 0 aromatic heterocycles. The van der Waals surface area contributed by atoms with Crippen LogP contribution in [-0.4, -0.2) is 53.1 Å². The highest BCUT2D eigenvalue weighted by atomic mass is 35.5. The Kier molecular flexibility index (Phi) is 6.09. The number of aliphatic carboxylic acids is 1. The van der Waals surface area contributed by atoms with Crippen LogP contribution in [0.4, 0.5) is 0 Å². The van der Waals surface area contributed by atoms with Crippen molar-refractivity contribution in [3.63, 3.8) is 0 Å². The molecule has 1 saturated heterocycles. The monoisotopic (exact) mass is 344 g/mol. The van der Waals surface area contributed by atoms with Crippen LogP contribution in [0.3, 0.4) is 0 Å². The fourth-order valence-corrected chi connectivity index (χ4v) is 3.41. The van der Waals surface area contributed by atoms with Gasteiger partial charge in [-0.2, -0.15) is 0 Å². The molecule has 1 aliphatic heterocycles. The first kappa shape index (κ1) is 17.5. The van der Waals surface area contributed by atoms with Crippen molar-refractivity contribution in [1.82, 2.24) is 9.80 Å². The van der Waals surface area contributed by atoms with Crippen LogP contribution in [0.15, 0.2) is 18.2 Å². The minimum atomic E-state index is -0.853. The second-order valence-electron chi connectivity index (χ2n) is 5.80. The zero-order chi connectivity index (χ0) is 16.3. The van der Waals surface area contributed by atoms with E-state index in [0.29, 0.717) is 15.6 Å². The predicted octanol–water partition coefficient (Wildman–Crippen LogP) is 3.54. The summed E-state index contributed by atoms with van der Waals surface area (Å²) in [5.74, 6) is -0.853. The number of rotatable bonds is 5. The van der Waals surface area contributed by atoms with E-state index in [-0.39, 0.29) is 6.04 Å². The van der Waals surface area contributed by atoms with Gasteiger partial charge in [0.2, 0.25) is 0 Å². The number of carboxylic acids is 1. The van der Waals surface area contributed by atoms with Crippen LogP contribution in [0.1, 0.15) is 31.9 Å². The number of carbonyl (C=O) groups is 1. The Hall–Kier alpha value is -0.810. The van der Waals surface area contributed by atoms with Crippen LogP contribution >= 0.6 is 23.2 Å². The first-order valence-electron chi connectivity index (χ1n) is 7.60. The quantitative estimate of drug-likeness (QED) is 0.887. The largest absolute Gasteiger partial charge is 0.480 e. The molecule has 1 aromatic rings. The Morgan fingerprint density at radius 2 is 2.09 bits per heavy atom. The summed E-state index contributed by atoms with van der Waals surface area (Å²) < 4.78 is 0. The van der Waals surface area contributed by atoms with E-state index >= 15 is 0 Å². The van der Waals surface area contributed by atoms with Crippen LogP contribution in [0.2, 0.25) is 10.0 Å². The lowest BCUT2D eigenvalue weighted by Crippen LogP contribution is -2.54. The maximum Gasteiger partial charge on any atom is 0.325 e. The van der Waals surface area contributed by atoms with Crippen LogP contribution in [-0.2, 0) is 4.79 Å². The van der Waals surface area contributed by atoms with Crippen molar-refractivity contribution in [2.75, 3.05) is 26.2 Å². The van der Waals surface area contributed by atoms with Gasteiger partial charge in [-0.1, -0.05) is 36.2 Å². The summed E-state index contributed by atoms with van der Waals surface area (Å²) in [6.45, 7) is 7.81. The van der Waals surface area contributed by atoms with E-state index in [1.54, 1.807) is 18.2 Å². The van der Waals surface area contributed by atoms with E-state index in [4.69, 9.17) is 23.2 Å². The summed E-state index contributed by atoms with van der Waals surface area (Å²) in [6, 6.07) is 4.56. The first-order valence-corrected chi connectivity index (χ1v) is 8.35. The van der Waals surface area contributed by atoms with Gasteiger partial charge in [-0.05, 0) is 37.6 Å². The minimum absolute atomic E-state index is 0.177. The Labute approximate surface area is 141 Å². The Balaban J connectivity index is 2.21. The molecule has 1 fully saturated rings. The van der Waals surface area contributed by atoms with Gasteiger partial charge in [0.25, 0.3) is 0 Å². The summed E-state index contributed by atoms with van der Waals surface area (Å²) >= 11 is 12.0. The SMILES string of the molecule is CCCN1CCN(C(C(=O)O)c2ccc(Cl)c(Cl)c2)C(C)C1. The highest BCUT2D eigenvalue weighted by molar-refractivity contribution is 6.42. The van der Waals surface area contributed by atoms with Crippen molar-refractivity contribution >= 4 is 29.2 Å². The molecule has 1 N–H and O–H groups in total. The molecule has 4 nitrogen and oxygen atoms in total. The number of hydrogen-bond acceptors (Lipinski definition) is 3. The molecule has 0 saturated carbocycles. The van der Waals surface area contributed by atoms with E-state index in [1.807, 2.05) is 4.90 Å². The summed E-state index contributed by atoms with van der Waals surface area (Å²) in [5.41, 5.74) is 0.678. The van der Waals surface area contributed by atoms with Gasteiger partial charge in [0.05, 0.1) is 10.0 Å². The van der Waals surface area contributed by atoms with Crippen molar-refractivity contribution < 1.29 is 9.90 Å². The molecule has 0 spiro atoms. The first-order chi connectivity index (χ1) is 10.4. The lowest BCUT2D eigenvalue weighted by Gasteiger charge is -2.42. The van der Waals surface area contributed by atoms with Crippen molar-refractivity contribution in [1.29, 1.82) is 0 Å². The van der Waals surface area contributed by atoms with Gasteiger partial charge in [-0.25, -0.2) is 0 Å². The van der Waals surface area contributed by atoms with Crippen molar-refractivity contribution in [3.8, 4) is 0 Å². The number of nitrogens with zero attached hydrogens (tertiary/aromatic N) is 2. The zero-order valence-corrected chi connectivity index (χ0v) is 14.4. The second kappa shape index (κ2) is 7.64. The van der Waals surface area contributed by atoms with Crippen molar-refractivity contribution in [3.05, 3.63) is 33.8 Å². The van der Waals surface area contributed by atoms with Gasteiger partial charge >= 0.3 is 5.97 Å². The molecule has 6 heteroatoms. The fraction of sp³-hybridized carbons (Fsp3) is 0.562. The van der Waals surface area contributed by atoms with E-state index in [2.05, 4.69) is 18.7 Å². The third kappa shape index (κ3) is 3.93. The van der Waals surface area contributed by atoms with Gasteiger partial charge in [0.15, 0.2) is 0 Å². The number of halogens is 2. The van der Waals surface area contributed by atoms with E-state index in [0.717, 1.165) is 32.6 Å². The molecular weight excluding hydrogens is 323 g/mol. The molecule has 1 aromatic carbocycles. The number of benzene rings is 1. The van der Waals surface area contributed by atoms with Crippen molar-refractivity contribution in [2.45, 2.75) is 32.4 Å². The molecule has 2 unspecified atom stereocenters. The van der Waals surface area contributed by atoms with Crippen LogP contribution in [0.5, 0.6) is 0 Å².